The maximum absolute atomic E-state index is 12.3. The lowest BCUT2D eigenvalue weighted by Gasteiger charge is -2.14. The van der Waals surface area contributed by atoms with Crippen LogP contribution in [0.1, 0.15) is 55.5 Å². The predicted octanol–water partition coefficient (Wildman–Crippen LogP) is 4.10. The van der Waals surface area contributed by atoms with E-state index in [1.54, 1.807) is 12.1 Å². The van der Waals surface area contributed by atoms with E-state index in [0.717, 1.165) is 31.2 Å². The molecular weight excluding hydrogens is 212 g/mol. The summed E-state index contributed by atoms with van der Waals surface area (Å²) >= 11 is 0. The maximum Gasteiger partial charge on any atom is 0.169 e. The average molecular weight is 234 g/mol. The SMILES string of the molecule is CCCCC(CC)C(=O)c1ccc(C)cc1O. The molecule has 0 aromatic heterocycles. The molecule has 94 valence electrons. The maximum atomic E-state index is 12.3. The minimum absolute atomic E-state index is 0.0450. The van der Waals surface area contributed by atoms with E-state index < -0.39 is 0 Å². The lowest BCUT2D eigenvalue weighted by Crippen LogP contribution is -2.14. The third-order valence-corrected chi connectivity index (χ3v) is 3.19. The highest BCUT2D eigenvalue weighted by Gasteiger charge is 2.20. The third-order valence-electron chi connectivity index (χ3n) is 3.19. The second-order valence-corrected chi connectivity index (χ2v) is 4.63. The number of benzene rings is 1. The number of aromatic hydroxyl groups is 1. The molecule has 1 atom stereocenters. The molecule has 2 heteroatoms. The number of rotatable bonds is 6. The van der Waals surface area contributed by atoms with E-state index in [4.69, 9.17) is 0 Å². The topological polar surface area (TPSA) is 37.3 Å². The van der Waals surface area contributed by atoms with Gasteiger partial charge in [0.05, 0.1) is 5.56 Å². The van der Waals surface area contributed by atoms with Crippen LogP contribution in [0.15, 0.2) is 18.2 Å². The first-order chi connectivity index (χ1) is 8.10. The summed E-state index contributed by atoms with van der Waals surface area (Å²) < 4.78 is 0. The van der Waals surface area contributed by atoms with Crippen molar-refractivity contribution in [3.05, 3.63) is 29.3 Å². The van der Waals surface area contributed by atoms with E-state index in [1.165, 1.54) is 0 Å². The van der Waals surface area contributed by atoms with Crippen LogP contribution < -0.4 is 0 Å². The molecule has 0 fully saturated rings. The quantitative estimate of drug-likeness (QED) is 0.752. The van der Waals surface area contributed by atoms with Crippen LogP contribution in [-0.2, 0) is 0 Å². The second kappa shape index (κ2) is 6.43. The van der Waals surface area contributed by atoms with Gasteiger partial charge in [-0.05, 0) is 37.5 Å². The standard InChI is InChI=1S/C15H22O2/c1-4-6-7-12(5-2)15(17)13-9-8-11(3)10-14(13)16/h8-10,12,16H,4-7H2,1-3H3. The van der Waals surface area contributed by atoms with Gasteiger partial charge in [-0.2, -0.15) is 0 Å². The predicted molar refractivity (Wildman–Crippen MR) is 70.5 cm³/mol. The summed E-state index contributed by atoms with van der Waals surface area (Å²) in [5.74, 6) is 0.243. The largest absolute Gasteiger partial charge is 0.507 e. The summed E-state index contributed by atoms with van der Waals surface area (Å²) in [5.41, 5.74) is 1.44. The smallest absolute Gasteiger partial charge is 0.169 e. The molecule has 1 rings (SSSR count). The Hall–Kier alpha value is -1.31. The highest BCUT2D eigenvalue weighted by molar-refractivity contribution is 6.00. The molecule has 0 spiro atoms. The summed E-state index contributed by atoms with van der Waals surface area (Å²) in [6, 6.07) is 5.26. The van der Waals surface area contributed by atoms with Crippen molar-refractivity contribution in [1.82, 2.24) is 0 Å². The van der Waals surface area contributed by atoms with Gasteiger partial charge in [-0.3, -0.25) is 4.79 Å². The van der Waals surface area contributed by atoms with E-state index >= 15 is 0 Å². The molecule has 0 saturated heterocycles. The Morgan fingerprint density at radius 2 is 2.06 bits per heavy atom. The van der Waals surface area contributed by atoms with Crippen LogP contribution in [0.5, 0.6) is 5.75 Å². The van der Waals surface area contributed by atoms with Crippen LogP contribution >= 0.6 is 0 Å². The summed E-state index contributed by atoms with van der Waals surface area (Å²) in [4.78, 5) is 12.3. The molecule has 1 aromatic rings. The Labute approximate surface area is 104 Å². The van der Waals surface area contributed by atoms with Crippen LogP contribution in [0.4, 0.5) is 0 Å². The molecule has 0 aliphatic rings. The van der Waals surface area contributed by atoms with E-state index in [-0.39, 0.29) is 17.5 Å². The van der Waals surface area contributed by atoms with Gasteiger partial charge in [-0.25, -0.2) is 0 Å². The molecule has 0 heterocycles. The third kappa shape index (κ3) is 3.58. The van der Waals surface area contributed by atoms with Gasteiger partial charge in [0.1, 0.15) is 5.75 Å². The molecule has 0 aliphatic heterocycles. The first-order valence-corrected chi connectivity index (χ1v) is 6.44. The number of carbonyl (C=O) groups excluding carboxylic acids is 1. The Balaban J connectivity index is 2.86. The minimum Gasteiger partial charge on any atom is -0.507 e. The highest BCUT2D eigenvalue weighted by Crippen LogP contribution is 2.25. The zero-order valence-corrected chi connectivity index (χ0v) is 11.0. The summed E-state index contributed by atoms with van der Waals surface area (Å²) in [6.07, 6.45) is 3.92. The first kappa shape index (κ1) is 13.8. The number of carbonyl (C=O) groups is 1. The zero-order valence-electron chi connectivity index (χ0n) is 11.0. The van der Waals surface area contributed by atoms with E-state index in [0.29, 0.717) is 5.56 Å². The average Bonchev–Trinajstić information content (AvgIpc) is 2.29. The van der Waals surface area contributed by atoms with Crippen LogP contribution in [0.3, 0.4) is 0 Å². The first-order valence-electron chi connectivity index (χ1n) is 6.44. The number of Topliss-reactive ketones (excluding diaryl/α,β-unsaturated/α-hetero) is 1. The van der Waals surface area contributed by atoms with Crippen LogP contribution in [-0.4, -0.2) is 10.9 Å². The summed E-state index contributed by atoms with van der Waals surface area (Å²) in [6.45, 7) is 6.06. The Morgan fingerprint density at radius 3 is 2.59 bits per heavy atom. The van der Waals surface area contributed by atoms with Crippen molar-refractivity contribution in [3.63, 3.8) is 0 Å². The summed E-state index contributed by atoms with van der Waals surface area (Å²) in [7, 11) is 0. The van der Waals surface area contributed by atoms with E-state index in [1.807, 2.05) is 19.9 Å². The lowest BCUT2D eigenvalue weighted by molar-refractivity contribution is 0.0905. The molecule has 0 saturated carbocycles. The summed E-state index contributed by atoms with van der Waals surface area (Å²) in [5, 5.41) is 9.81. The van der Waals surface area contributed by atoms with Crippen LogP contribution in [0.25, 0.3) is 0 Å². The van der Waals surface area contributed by atoms with Gasteiger partial charge in [0, 0.05) is 5.92 Å². The molecule has 0 amide bonds. The van der Waals surface area contributed by atoms with Gasteiger partial charge in [-0.1, -0.05) is 32.8 Å². The van der Waals surface area contributed by atoms with Gasteiger partial charge in [0.2, 0.25) is 0 Å². The van der Waals surface area contributed by atoms with Crippen molar-refractivity contribution in [1.29, 1.82) is 0 Å². The molecule has 1 unspecified atom stereocenters. The molecule has 1 N–H and O–H groups in total. The molecular formula is C15H22O2. The fraction of sp³-hybridized carbons (Fsp3) is 0.533. The molecule has 0 bridgehead atoms. The molecule has 1 aromatic carbocycles. The molecule has 0 aliphatic carbocycles. The minimum atomic E-state index is 0.0450. The van der Waals surface area contributed by atoms with Crippen molar-refractivity contribution in [2.45, 2.75) is 46.5 Å². The van der Waals surface area contributed by atoms with Crippen molar-refractivity contribution in [3.8, 4) is 5.75 Å². The number of ketones is 1. The van der Waals surface area contributed by atoms with Crippen LogP contribution in [0, 0.1) is 12.8 Å². The second-order valence-electron chi connectivity index (χ2n) is 4.63. The van der Waals surface area contributed by atoms with Crippen molar-refractivity contribution in [2.24, 2.45) is 5.92 Å². The normalized spacial score (nSPS) is 12.4. The Kier molecular flexibility index (Phi) is 5.20. The van der Waals surface area contributed by atoms with Gasteiger partial charge in [0.15, 0.2) is 5.78 Å². The van der Waals surface area contributed by atoms with E-state index in [2.05, 4.69) is 6.92 Å². The zero-order chi connectivity index (χ0) is 12.8. The highest BCUT2D eigenvalue weighted by atomic mass is 16.3. The fourth-order valence-electron chi connectivity index (χ4n) is 2.04. The molecule has 2 nitrogen and oxygen atoms in total. The number of phenolic OH excluding ortho intramolecular Hbond substituents is 1. The Bertz CT molecular complexity index is 383. The number of phenols is 1. The van der Waals surface area contributed by atoms with Gasteiger partial charge in [0.25, 0.3) is 0 Å². The molecule has 0 radical (unpaired) electrons. The number of aryl methyl sites for hydroxylation is 1. The van der Waals surface area contributed by atoms with E-state index in [9.17, 15) is 9.90 Å². The van der Waals surface area contributed by atoms with Gasteiger partial charge in [-0.15, -0.1) is 0 Å². The number of unbranched alkanes of at least 4 members (excludes halogenated alkanes) is 1. The monoisotopic (exact) mass is 234 g/mol. The van der Waals surface area contributed by atoms with Gasteiger partial charge < -0.3 is 5.11 Å². The van der Waals surface area contributed by atoms with Crippen LogP contribution in [0.2, 0.25) is 0 Å². The number of hydrogen-bond donors (Lipinski definition) is 1. The fourth-order valence-corrected chi connectivity index (χ4v) is 2.04. The number of hydrogen-bond acceptors (Lipinski definition) is 2. The molecule has 17 heavy (non-hydrogen) atoms. The Morgan fingerprint density at radius 1 is 1.35 bits per heavy atom. The lowest BCUT2D eigenvalue weighted by atomic mass is 9.90. The van der Waals surface area contributed by atoms with Crippen molar-refractivity contribution >= 4 is 5.78 Å². The van der Waals surface area contributed by atoms with Crippen molar-refractivity contribution < 1.29 is 9.90 Å². The van der Waals surface area contributed by atoms with Crippen molar-refractivity contribution in [2.75, 3.05) is 0 Å². The van der Waals surface area contributed by atoms with Gasteiger partial charge >= 0.3 is 0 Å².